The number of halogens is 3. The normalized spacial score (nSPS) is 18.7. The smallest absolute Gasteiger partial charge is 0.382 e. The molecule has 0 spiro atoms. The van der Waals surface area contributed by atoms with Gasteiger partial charge < -0.3 is 14.8 Å². The lowest BCUT2D eigenvalue weighted by Gasteiger charge is -2.40. The van der Waals surface area contributed by atoms with E-state index in [0.717, 1.165) is 28.1 Å². The van der Waals surface area contributed by atoms with Gasteiger partial charge in [-0.2, -0.15) is 23.4 Å². The molecule has 1 amide bonds. The number of hydrogen-bond acceptors (Lipinski definition) is 9. The van der Waals surface area contributed by atoms with Gasteiger partial charge >= 0.3 is 6.18 Å². The van der Waals surface area contributed by atoms with E-state index in [4.69, 9.17) is 4.74 Å². The number of aromatic nitrogens is 8. The fourth-order valence-corrected chi connectivity index (χ4v) is 4.55. The van der Waals surface area contributed by atoms with Crippen molar-refractivity contribution in [2.75, 3.05) is 18.1 Å². The van der Waals surface area contributed by atoms with Crippen molar-refractivity contribution in [2.45, 2.75) is 24.8 Å². The molecule has 0 aliphatic carbocycles. The van der Waals surface area contributed by atoms with Crippen molar-refractivity contribution in [2.24, 2.45) is 0 Å². The molecule has 5 heterocycles. The maximum absolute atomic E-state index is 13.6. The van der Waals surface area contributed by atoms with Crippen molar-refractivity contribution in [1.29, 1.82) is 0 Å². The van der Waals surface area contributed by atoms with E-state index >= 15 is 0 Å². The number of ether oxygens (including phenoxy) is 1. The molecule has 13 nitrogen and oxygen atoms in total. The lowest BCUT2D eigenvalue weighted by atomic mass is 9.94. The van der Waals surface area contributed by atoms with Crippen LogP contribution in [0.15, 0.2) is 59.9 Å². The second-order valence-corrected chi connectivity index (χ2v) is 9.40. The zero-order chi connectivity index (χ0) is 28.9. The number of morpholine rings is 1. The average Bonchev–Trinajstić information content (AvgIpc) is 3.67. The van der Waals surface area contributed by atoms with Gasteiger partial charge in [-0.15, -0.1) is 10.2 Å². The number of nitrogens with one attached hydrogen (secondary N) is 2. The van der Waals surface area contributed by atoms with Crippen molar-refractivity contribution in [3.63, 3.8) is 0 Å². The number of fused-ring (bicyclic) bond motifs is 1. The summed E-state index contributed by atoms with van der Waals surface area (Å²) in [5.74, 6) is -0.762. The minimum atomic E-state index is -4.70. The molecule has 1 aliphatic heterocycles. The van der Waals surface area contributed by atoms with Crippen molar-refractivity contribution in [3.05, 3.63) is 77.0 Å². The Morgan fingerprint density at radius 2 is 1.98 bits per heavy atom. The first-order valence-corrected chi connectivity index (χ1v) is 12.2. The molecule has 210 valence electrons. The molecule has 1 aromatic carbocycles. The lowest BCUT2D eigenvalue weighted by Crippen LogP contribution is -2.58. The number of nitrogens with zero attached hydrogens (tertiary/aromatic N) is 7. The number of aliphatic hydroxyl groups is 1. The molecule has 1 aliphatic rings. The van der Waals surface area contributed by atoms with E-state index in [-0.39, 0.29) is 35.9 Å². The summed E-state index contributed by atoms with van der Waals surface area (Å²) < 4.78 is 46.0. The number of hydrogen-bond donors (Lipinski definition) is 3. The summed E-state index contributed by atoms with van der Waals surface area (Å²) in [6, 6.07) is 7.20. The Kier molecular flexibility index (Phi) is 6.15. The van der Waals surface area contributed by atoms with Gasteiger partial charge in [0.05, 0.1) is 42.1 Å². The monoisotopic (exact) mass is 567 g/mol. The molecule has 6 rings (SSSR count). The Morgan fingerprint density at radius 3 is 2.73 bits per heavy atom. The van der Waals surface area contributed by atoms with Gasteiger partial charge in [-0.25, -0.2) is 9.67 Å². The lowest BCUT2D eigenvalue weighted by molar-refractivity contribution is -0.167. The Labute approximate surface area is 227 Å². The third kappa shape index (κ3) is 4.62. The number of alkyl halides is 3. The van der Waals surface area contributed by atoms with E-state index in [2.05, 4.69) is 35.5 Å². The van der Waals surface area contributed by atoms with Crippen LogP contribution in [0.1, 0.15) is 24.5 Å². The first kappa shape index (κ1) is 26.3. The summed E-state index contributed by atoms with van der Waals surface area (Å²) in [4.78, 5) is 34.7. The van der Waals surface area contributed by atoms with Crippen molar-refractivity contribution in [1.82, 2.24) is 40.1 Å². The van der Waals surface area contributed by atoms with E-state index in [9.17, 15) is 27.9 Å². The van der Waals surface area contributed by atoms with Gasteiger partial charge in [0.25, 0.3) is 11.5 Å². The number of benzene rings is 1. The van der Waals surface area contributed by atoms with Crippen LogP contribution in [0.25, 0.3) is 27.7 Å². The van der Waals surface area contributed by atoms with Crippen LogP contribution in [-0.4, -0.2) is 69.9 Å². The molecular formula is C25H20F3N9O4. The molecular weight excluding hydrogens is 547 g/mol. The molecule has 1 fully saturated rings. The molecule has 5 aromatic rings. The summed E-state index contributed by atoms with van der Waals surface area (Å²) in [6.45, 7) is 1.41. The predicted octanol–water partition coefficient (Wildman–Crippen LogP) is 2.16. The minimum Gasteiger partial charge on any atom is -0.382 e. The zero-order valence-corrected chi connectivity index (χ0v) is 21.1. The number of aliphatic hydroxyl groups excluding tert-OH is 1. The maximum atomic E-state index is 13.6. The van der Waals surface area contributed by atoms with Crippen LogP contribution in [-0.2, 0) is 15.7 Å². The van der Waals surface area contributed by atoms with Gasteiger partial charge in [-0.05, 0) is 30.7 Å². The SMILES string of the molecule is CC1([C@@H](O)c2nc3ccc(-c4cn[nH]c4)cc3c(=O)[nH]2)OCCN(c2ccn(-c3cnnc(C(F)(F)F)c3)n2)C1=O. The summed E-state index contributed by atoms with van der Waals surface area (Å²) in [7, 11) is 0. The second-order valence-electron chi connectivity index (χ2n) is 9.40. The molecule has 0 bridgehead atoms. The van der Waals surface area contributed by atoms with Crippen LogP contribution in [0.2, 0.25) is 0 Å². The highest BCUT2D eigenvalue weighted by Crippen LogP contribution is 2.34. The van der Waals surface area contributed by atoms with Crippen LogP contribution >= 0.6 is 0 Å². The van der Waals surface area contributed by atoms with Gasteiger partial charge in [0.1, 0.15) is 11.9 Å². The number of amides is 1. The fourth-order valence-electron chi connectivity index (χ4n) is 4.55. The summed E-state index contributed by atoms with van der Waals surface area (Å²) in [5.41, 5.74) is -1.81. The Hall–Kier alpha value is -4.96. The fraction of sp³-hybridized carbons (Fsp3) is 0.240. The van der Waals surface area contributed by atoms with Gasteiger partial charge in [-0.1, -0.05) is 6.07 Å². The first-order valence-electron chi connectivity index (χ1n) is 12.2. The highest BCUT2D eigenvalue weighted by Gasteiger charge is 2.49. The topological polar surface area (TPSA) is 168 Å². The average molecular weight is 567 g/mol. The number of carbonyl (C=O) groups is 1. The Balaban J connectivity index is 1.28. The molecule has 0 saturated carbocycles. The molecule has 3 N–H and O–H groups in total. The van der Waals surface area contributed by atoms with Crippen LogP contribution in [0.4, 0.5) is 19.0 Å². The summed E-state index contributed by atoms with van der Waals surface area (Å²) in [5, 5.41) is 28.8. The molecule has 4 aromatic heterocycles. The quantitative estimate of drug-likeness (QED) is 0.288. The van der Waals surface area contributed by atoms with Crippen LogP contribution in [0.3, 0.4) is 0 Å². The van der Waals surface area contributed by atoms with Gasteiger partial charge in [-0.3, -0.25) is 19.6 Å². The molecule has 16 heteroatoms. The Morgan fingerprint density at radius 1 is 1.15 bits per heavy atom. The number of anilines is 1. The largest absolute Gasteiger partial charge is 0.435 e. The van der Waals surface area contributed by atoms with Crippen LogP contribution in [0.5, 0.6) is 0 Å². The number of H-pyrrole nitrogens is 2. The van der Waals surface area contributed by atoms with Crippen molar-refractivity contribution >= 4 is 22.6 Å². The van der Waals surface area contributed by atoms with E-state index in [1.54, 1.807) is 30.6 Å². The highest BCUT2D eigenvalue weighted by molar-refractivity contribution is 5.99. The number of aromatic amines is 2. The highest BCUT2D eigenvalue weighted by atomic mass is 19.4. The summed E-state index contributed by atoms with van der Waals surface area (Å²) >= 11 is 0. The third-order valence-corrected chi connectivity index (χ3v) is 6.77. The molecule has 1 unspecified atom stereocenters. The van der Waals surface area contributed by atoms with E-state index < -0.39 is 35.0 Å². The van der Waals surface area contributed by atoms with Gasteiger partial charge in [0, 0.05) is 24.0 Å². The van der Waals surface area contributed by atoms with Crippen LogP contribution < -0.4 is 10.5 Å². The zero-order valence-electron chi connectivity index (χ0n) is 21.1. The Bertz CT molecular complexity index is 1820. The second kappa shape index (κ2) is 9.60. The van der Waals surface area contributed by atoms with Crippen molar-refractivity contribution in [3.8, 4) is 16.8 Å². The van der Waals surface area contributed by atoms with Crippen molar-refractivity contribution < 1.29 is 27.8 Å². The van der Waals surface area contributed by atoms with Crippen LogP contribution in [0, 0.1) is 0 Å². The molecule has 41 heavy (non-hydrogen) atoms. The first-order chi connectivity index (χ1) is 19.5. The summed E-state index contributed by atoms with van der Waals surface area (Å²) in [6.07, 6.45) is -0.627. The predicted molar refractivity (Wildman–Crippen MR) is 136 cm³/mol. The standard InChI is InChI=1S/C25H20F3N9O4/c1-24(20(38)21-32-17-3-2-13(14-10-29-30-11-14)8-16(17)22(39)33-21)23(40)36(6-7-41-24)19-4-5-37(35-19)15-9-18(25(26,27)28)34-31-12-15/h2-5,8-12,20,38H,6-7H2,1H3,(H,29,30)(H,32,33,39)/t20-,24?/m0/s1. The number of carbonyl (C=O) groups excluding carboxylic acids is 1. The third-order valence-electron chi connectivity index (χ3n) is 6.77. The number of rotatable bonds is 5. The molecule has 2 atom stereocenters. The molecule has 0 radical (unpaired) electrons. The van der Waals surface area contributed by atoms with Gasteiger partial charge in [0.2, 0.25) is 0 Å². The maximum Gasteiger partial charge on any atom is 0.435 e. The molecule has 1 saturated heterocycles. The van der Waals surface area contributed by atoms with E-state index in [0.29, 0.717) is 5.52 Å². The van der Waals surface area contributed by atoms with E-state index in [1.807, 2.05) is 0 Å². The minimum absolute atomic E-state index is 0.00688. The van der Waals surface area contributed by atoms with Gasteiger partial charge in [0.15, 0.2) is 17.1 Å². The van der Waals surface area contributed by atoms with E-state index in [1.165, 1.54) is 24.1 Å².